The van der Waals surface area contributed by atoms with E-state index in [1.165, 1.54) is 5.56 Å². The number of pyridine rings is 1. The standard InChI is InChI=1S/C23H25N5O2/c29-22(25-13-11-17-7-2-1-3-8-17)18-9-6-14-28(16-18)23(30)21-15-20(26-27-21)19-10-4-5-12-24-19/h1-5,7-8,10,12,15,18H,6,9,11,13-14,16H2,(H,25,29)(H,26,27). The summed E-state index contributed by atoms with van der Waals surface area (Å²) in [6.45, 7) is 1.67. The predicted octanol–water partition coefficient (Wildman–Crippen LogP) is 2.68. The summed E-state index contributed by atoms with van der Waals surface area (Å²) in [6.07, 6.45) is 4.09. The average Bonchev–Trinajstić information content (AvgIpc) is 3.30. The van der Waals surface area contributed by atoms with Crippen LogP contribution in [-0.2, 0) is 11.2 Å². The zero-order chi connectivity index (χ0) is 20.8. The van der Waals surface area contributed by atoms with Crippen molar-refractivity contribution in [2.45, 2.75) is 19.3 Å². The molecule has 3 aromatic rings. The molecule has 1 unspecified atom stereocenters. The number of hydrogen-bond acceptors (Lipinski definition) is 4. The molecule has 0 radical (unpaired) electrons. The lowest BCUT2D eigenvalue weighted by molar-refractivity contribution is -0.126. The van der Waals surface area contributed by atoms with Crippen LogP contribution in [0.1, 0.15) is 28.9 Å². The van der Waals surface area contributed by atoms with Crippen LogP contribution < -0.4 is 5.32 Å². The molecule has 2 N–H and O–H groups in total. The fraction of sp³-hybridized carbons (Fsp3) is 0.304. The summed E-state index contributed by atoms with van der Waals surface area (Å²) in [5.41, 5.74) is 2.95. The summed E-state index contributed by atoms with van der Waals surface area (Å²) < 4.78 is 0. The van der Waals surface area contributed by atoms with Crippen molar-refractivity contribution in [3.8, 4) is 11.4 Å². The Morgan fingerprint density at radius 2 is 1.93 bits per heavy atom. The molecule has 1 saturated heterocycles. The van der Waals surface area contributed by atoms with E-state index in [-0.39, 0.29) is 17.7 Å². The van der Waals surface area contributed by atoms with E-state index in [2.05, 4.69) is 32.6 Å². The van der Waals surface area contributed by atoms with E-state index in [4.69, 9.17) is 0 Å². The molecular weight excluding hydrogens is 378 g/mol. The first-order chi connectivity index (χ1) is 14.7. The first-order valence-electron chi connectivity index (χ1n) is 10.3. The highest BCUT2D eigenvalue weighted by atomic mass is 16.2. The first kappa shape index (κ1) is 19.8. The third kappa shape index (κ3) is 4.74. The monoisotopic (exact) mass is 403 g/mol. The van der Waals surface area contributed by atoms with Crippen LogP contribution in [-0.4, -0.2) is 51.5 Å². The molecule has 2 amide bonds. The minimum Gasteiger partial charge on any atom is -0.355 e. The highest BCUT2D eigenvalue weighted by Crippen LogP contribution is 2.20. The van der Waals surface area contributed by atoms with Gasteiger partial charge in [-0.1, -0.05) is 36.4 Å². The van der Waals surface area contributed by atoms with Gasteiger partial charge in [0.15, 0.2) is 0 Å². The Kier molecular flexibility index (Phi) is 6.17. The number of hydrogen-bond donors (Lipinski definition) is 2. The molecule has 4 rings (SSSR count). The number of carbonyl (C=O) groups excluding carboxylic acids is 2. The molecule has 0 spiro atoms. The Hall–Kier alpha value is -3.48. The quantitative estimate of drug-likeness (QED) is 0.662. The number of likely N-dealkylation sites (tertiary alicyclic amines) is 1. The Bertz CT molecular complexity index is 987. The molecular formula is C23H25N5O2. The highest BCUT2D eigenvalue weighted by molar-refractivity contribution is 5.93. The molecule has 3 heterocycles. The number of nitrogens with zero attached hydrogens (tertiary/aromatic N) is 3. The Morgan fingerprint density at radius 1 is 1.10 bits per heavy atom. The first-order valence-corrected chi connectivity index (χ1v) is 10.3. The second-order valence-electron chi connectivity index (χ2n) is 7.50. The van der Waals surface area contributed by atoms with Gasteiger partial charge >= 0.3 is 0 Å². The third-order valence-electron chi connectivity index (χ3n) is 5.37. The second kappa shape index (κ2) is 9.35. The van der Waals surface area contributed by atoms with Gasteiger partial charge in [0.2, 0.25) is 5.91 Å². The summed E-state index contributed by atoms with van der Waals surface area (Å²) in [5, 5.41) is 10.0. The number of piperidine rings is 1. The van der Waals surface area contributed by atoms with Gasteiger partial charge in [-0.05, 0) is 43.0 Å². The molecule has 1 aliphatic rings. The van der Waals surface area contributed by atoms with Crippen molar-refractivity contribution in [2.24, 2.45) is 5.92 Å². The molecule has 1 aliphatic heterocycles. The summed E-state index contributed by atoms with van der Waals surface area (Å²) in [5.74, 6) is -0.301. The van der Waals surface area contributed by atoms with Crippen LogP contribution >= 0.6 is 0 Å². The molecule has 1 aromatic carbocycles. The predicted molar refractivity (Wildman–Crippen MR) is 114 cm³/mol. The number of benzene rings is 1. The summed E-state index contributed by atoms with van der Waals surface area (Å²) in [7, 11) is 0. The van der Waals surface area contributed by atoms with Gasteiger partial charge in [0.1, 0.15) is 11.4 Å². The van der Waals surface area contributed by atoms with Crippen molar-refractivity contribution in [3.05, 3.63) is 72.1 Å². The van der Waals surface area contributed by atoms with Gasteiger partial charge in [-0.2, -0.15) is 5.10 Å². The fourth-order valence-corrected chi connectivity index (χ4v) is 3.74. The number of aromatic amines is 1. The maximum absolute atomic E-state index is 12.9. The molecule has 30 heavy (non-hydrogen) atoms. The smallest absolute Gasteiger partial charge is 0.271 e. The van der Waals surface area contributed by atoms with Crippen molar-refractivity contribution in [1.82, 2.24) is 25.4 Å². The van der Waals surface area contributed by atoms with Crippen molar-refractivity contribution >= 4 is 11.8 Å². The second-order valence-corrected chi connectivity index (χ2v) is 7.50. The zero-order valence-electron chi connectivity index (χ0n) is 16.8. The zero-order valence-corrected chi connectivity index (χ0v) is 16.8. The molecule has 1 atom stereocenters. The van der Waals surface area contributed by atoms with E-state index in [1.807, 2.05) is 36.4 Å². The number of aromatic nitrogens is 3. The van der Waals surface area contributed by atoms with E-state index in [1.54, 1.807) is 17.2 Å². The molecule has 0 bridgehead atoms. The Balaban J connectivity index is 1.32. The van der Waals surface area contributed by atoms with Gasteiger partial charge in [0.05, 0.1) is 11.6 Å². The van der Waals surface area contributed by atoms with Gasteiger partial charge in [-0.3, -0.25) is 19.7 Å². The lowest BCUT2D eigenvalue weighted by Gasteiger charge is -2.31. The summed E-state index contributed by atoms with van der Waals surface area (Å²) in [6, 6.07) is 17.4. The van der Waals surface area contributed by atoms with Crippen molar-refractivity contribution in [1.29, 1.82) is 0 Å². The van der Waals surface area contributed by atoms with E-state index >= 15 is 0 Å². The van der Waals surface area contributed by atoms with Gasteiger partial charge < -0.3 is 10.2 Å². The normalized spacial score (nSPS) is 16.3. The maximum atomic E-state index is 12.9. The van der Waals surface area contributed by atoms with Crippen LogP contribution in [0.15, 0.2) is 60.8 Å². The summed E-state index contributed by atoms with van der Waals surface area (Å²) in [4.78, 5) is 31.5. The van der Waals surface area contributed by atoms with Gasteiger partial charge in [0.25, 0.3) is 5.91 Å². The van der Waals surface area contributed by atoms with Gasteiger partial charge in [0, 0.05) is 25.8 Å². The van der Waals surface area contributed by atoms with E-state index in [9.17, 15) is 9.59 Å². The molecule has 7 nitrogen and oxygen atoms in total. The van der Waals surface area contributed by atoms with E-state index in [0.717, 1.165) is 19.3 Å². The number of carbonyl (C=O) groups is 2. The van der Waals surface area contributed by atoms with Crippen LogP contribution in [0.2, 0.25) is 0 Å². The topological polar surface area (TPSA) is 91.0 Å². The number of H-pyrrole nitrogens is 1. The van der Waals surface area contributed by atoms with Crippen LogP contribution in [0.4, 0.5) is 0 Å². The number of rotatable bonds is 6. The average molecular weight is 403 g/mol. The fourth-order valence-electron chi connectivity index (χ4n) is 3.74. The lowest BCUT2D eigenvalue weighted by atomic mass is 9.96. The van der Waals surface area contributed by atoms with Crippen LogP contribution in [0.25, 0.3) is 11.4 Å². The molecule has 0 saturated carbocycles. The molecule has 1 fully saturated rings. The van der Waals surface area contributed by atoms with Crippen LogP contribution in [0.5, 0.6) is 0 Å². The summed E-state index contributed by atoms with van der Waals surface area (Å²) >= 11 is 0. The molecule has 0 aliphatic carbocycles. The van der Waals surface area contributed by atoms with E-state index in [0.29, 0.717) is 36.7 Å². The third-order valence-corrected chi connectivity index (χ3v) is 5.37. The SMILES string of the molecule is O=C(NCCc1ccccc1)C1CCCN(C(=O)c2cc(-c3ccccn3)n[nH]2)C1. The van der Waals surface area contributed by atoms with Crippen molar-refractivity contribution in [3.63, 3.8) is 0 Å². The Labute approximate surface area is 175 Å². The largest absolute Gasteiger partial charge is 0.355 e. The minimum atomic E-state index is -0.184. The van der Waals surface area contributed by atoms with Crippen LogP contribution in [0, 0.1) is 5.92 Å². The highest BCUT2D eigenvalue weighted by Gasteiger charge is 2.29. The Morgan fingerprint density at radius 3 is 2.73 bits per heavy atom. The van der Waals surface area contributed by atoms with Crippen molar-refractivity contribution in [2.75, 3.05) is 19.6 Å². The molecule has 2 aromatic heterocycles. The molecule has 7 heteroatoms. The number of nitrogens with one attached hydrogen (secondary N) is 2. The molecule has 154 valence electrons. The maximum Gasteiger partial charge on any atom is 0.271 e. The minimum absolute atomic E-state index is 0.0159. The van der Waals surface area contributed by atoms with Gasteiger partial charge in [-0.15, -0.1) is 0 Å². The van der Waals surface area contributed by atoms with Gasteiger partial charge in [-0.25, -0.2) is 0 Å². The van der Waals surface area contributed by atoms with Crippen LogP contribution in [0.3, 0.4) is 0 Å². The van der Waals surface area contributed by atoms with Crippen molar-refractivity contribution < 1.29 is 9.59 Å². The van der Waals surface area contributed by atoms with E-state index < -0.39 is 0 Å². The lowest BCUT2D eigenvalue weighted by Crippen LogP contribution is -2.45. The number of amides is 2.